The first-order chi connectivity index (χ1) is 60.3. The molecule has 0 amide bonds. The molecular weight excluding hydrogens is 2160 g/mol. The summed E-state index contributed by atoms with van der Waals surface area (Å²) >= 11 is 2.54. The van der Waals surface area contributed by atoms with Gasteiger partial charge in [-0.2, -0.15) is 0 Å². The van der Waals surface area contributed by atoms with Gasteiger partial charge >= 0.3 is 151 Å². The molecule has 0 N–H and O–H groups in total. The molecule has 16 atom stereocenters. The number of benzene rings is 8. The van der Waals surface area contributed by atoms with Crippen LogP contribution in [0.1, 0.15) is 393 Å². The first-order valence-electron chi connectivity index (χ1n) is 47.7. The molecular formula is C120H182Cl9FOZr4. The second kappa shape index (κ2) is 75.3. The first kappa shape index (κ1) is 141. The van der Waals surface area contributed by atoms with Gasteiger partial charge < -0.3 is 64.2 Å². The van der Waals surface area contributed by atoms with E-state index in [0.717, 1.165) is 99.5 Å². The minimum absolute atomic E-state index is 0. The fraction of sp³-hybridized carbons (Fsp3) is 0.533. The van der Waals surface area contributed by atoms with Crippen molar-refractivity contribution in [1.82, 2.24) is 0 Å². The molecule has 0 radical (unpaired) electrons. The summed E-state index contributed by atoms with van der Waals surface area (Å²) in [5.41, 5.74) is 25.2. The summed E-state index contributed by atoms with van der Waals surface area (Å²) in [5.74, 6) is 14.6. The molecule has 8 aromatic rings. The van der Waals surface area contributed by atoms with Crippen molar-refractivity contribution in [2.45, 2.75) is 358 Å². The second-order valence-corrected chi connectivity index (χ2v) is 56.7. The van der Waals surface area contributed by atoms with Gasteiger partial charge in [0.25, 0.3) is 0 Å². The zero-order valence-electron chi connectivity index (χ0n) is 89.6. The van der Waals surface area contributed by atoms with Crippen molar-refractivity contribution in [1.29, 1.82) is 0 Å². The van der Waals surface area contributed by atoms with E-state index in [1.807, 2.05) is 24.3 Å². The molecule has 8 aliphatic carbocycles. The first-order valence-corrected chi connectivity index (χ1v) is 73.4. The van der Waals surface area contributed by atoms with Crippen LogP contribution in [0.15, 0.2) is 170 Å². The molecule has 135 heavy (non-hydrogen) atoms. The number of aryl methyl sites for hydroxylation is 6. The van der Waals surface area contributed by atoms with Crippen molar-refractivity contribution in [2.75, 3.05) is 7.11 Å². The number of ether oxygens (including phenoxy) is 1. The Kier molecular flexibility index (Phi) is 78.6. The van der Waals surface area contributed by atoms with E-state index in [1.54, 1.807) is 47.1 Å². The summed E-state index contributed by atoms with van der Waals surface area (Å²) in [7, 11) is 41.2. The number of methoxy groups -OCH3 is 1. The molecule has 15 heteroatoms. The molecule has 8 fully saturated rings. The third-order valence-electron chi connectivity index (χ3n) is 28.4. The van der Waals surface area contributed by atoms with Crippen LogP contribution in [0.2, 0.25) is 5.02 Å². The Morgan fingerprint density at radius 2 is 0.430 bits per heavy atom. The molecule has 0 aliphatic heterocycles. The van der Waals surface area contributed by atoms with Crippen molar-refractivity contribution in [3.05, 3.63) is 335 Å². The van der Waals surface area contributed by atoms with E-state index in [0.29, 0.717) is 5.92 Å². The standard InChI is InChI=1S/2C16H24.C15H22O.C15H22.2C13H18.C12H15Cl.C12H15F.8CH3.8ClH.4Zr/c2*1-12-5-6-14(11-12)13-7-9-15(10-8-13)16(2,3)4;1-10-5-6-13(7-10)14-8-11(2)15(16-4)12(3)9-14;1-10-5-6-14(7-10)15-8-11(2)13(4)12(3)9-15;2*1-10-3-6-12(7-4-10)13-8-5-11(2)9-13;2*1-9-2-3-11(8-9)10-4-6-12(13)7-5-10;;;;;;;;;;;;;;;;;;;;/h2*7-10,12,14H,5-6,11H2,1-4H3;8-10,13H,5-7H2,1-4H3;8-10,14H,5-7H2,1-4H3;2*3-4,6-7,11,13H,5,8-9H2,1-2H3;2*4-7,9,11H,2-3,8H2,1H3;8*1H3;8*1H;;;;/q;;;;;;;;8*-1;;;;;;;;;4*+4/p-8. The van der Waals surface area contributed by atoms with Crippen LogP contribution >= 0.6 is 79.7 Å². The van der Waals surface area contributed by atoms with Crippen LogP contribution < -0.4 is 4.74 Å². The monoisotopic (exact) mass is 2330 g/mol. The molecule has 0 spiro atoms. The van der Waals surface area contributed by atoms with E-state index >= 15 is 0 Å². The molecule has 754 valence electrons. The maximum atomic E-state index is 12.7. The van der Waals surface area contributed by atoms with Crippen LogP contribution in [0.5, 0.6) is 5.75 Å². The van der Waals surface area contributed by atoms with Crippen LogP contribution in [0.25, 0.3) is 0 Å². The van der Waals surface area contributed by atoms with Gasteiger partial charge in [0, 0.05) is 5.02 Å². The van der Waals surface area contributed by atoms with Gasteiger partial charge in [0.1, 0.15) is 11.6 Å². The Labute approximate surface area is 913 Å². The van der Waals surface area contributed by atoms with Gasteiger partial charge in [0.05, 0.1) is 7.11 Å². The number of halogens is 10. The van der Waals surface area contributed by atoms with Gasteiger partial charge in [-0.15, -0.1) is 0 Å². The van der Waals surface area contributed by atoms with Crippen molar-refractivity contribution in [2.24, 2.45) is 47.3 Å². The summed E-state index contributed by atoms with van der Waals surface area (Å²) < 4.78 is 18.1. The van der Waals surface area contributed by atoms with Crippen LogP contribution in [0.3, 0.4) is 0 Å². The molecule has 16 unspecified atom stereocenters. The van der Waals surface area contributed by atoms with E-state index in [-0.39, 0.29) is 76.1 Å². The molecule has 0 aromatic heterocycles. The summed E-state index contributed by atoms with van der Waals surface area (Å²) in [6.07, 6.45) is 33.0. The number of rotatable bonds is 9. The Balaban J connectivity index is -0.000000708. The summed E-state index contributed by atoms with van der Waals surface area (Å²) in [5, 5.41) is 0.842. The van der Waals surface area contributed by atoms with Crippen LogP contribution in [0.4, 0.5) is 4.39 Å². The van der Waals surface area contributed by atoms with Crippen molar-refractivity contribution >= 4 is 79.7 Å². The summed E-state index contributed by atoms with van der Waals surface area (Å²) in [4.78, 5) is 0. The summed E-state index contributed by atoms with van der Waals surface area (Å²) in [6, 6.07) is 61.6. The predicted molar refractivity (Wildman–Crippen MR) is 598 cm³/mol. The minimum atomic E-state index is -0.826. The molecule has 16 rings (SSSR count). The van der Waals surface area contributed by atoms with Crippen molar-refractivity contribution in [3.8, 4) is 5.75 Å². The predicted octanol–water partition coefficient (Wildman–Crippen LogP) is 43.4. The number of hydrogen-bond donors (Lipinski definition) is 0. The second-order valence-electron chi connectivity index (χ2n) is 41.3. The zero-order valence-corrected chi connectivity index (χ0v) is 106. The van der Waals surface area contributed by atoms with Crippen molar-refractivity contribution in [3.63, 3.8) is 0 Å². The van der Waals surface area contributed by atoms with Gasteiger partial charge in [-0.05, 0) is 364 Å². The Hall–Kier alpha value is -0.368. The van der Waals surface area contributed by atoms with Crippen LogP contribution in [0, 0.1) is 161 Å². The normalized spacial score (nSPS) is 23.0. The number of hydrogen-bond acceptors (Lipinski definition) is 1. The topological polar surface area (TPSA) is 9.23 Å². The molecule has 8 saturated carbocycles. The molecule has 0 bridgehead atoms. The van der Waals surface area contributed by atoms with Crippen molar-refractivity contribution < 1.29 is 92.5 Å². The van der Waals surface area contributed by atoms with E-state index in [4.69, 9.17) is 84.4 Å². The molecule has 8 aliphatic rings. The zero-order chi connectivity index (χ0) is 94.1. The van der Waals surface area contributed by atoms with Gasteiger partial charge in [-0.3, -0.25) is 0 Å². The molecule has 1 nitrogen and oxygen atoms in total. The average Bonchev–Trinajstić information content (AvgIpc) is 1.80. The Bertz CT molecular complexity index is 3910. The third kappa shape index (κ3) is 52.7. The van der Waals surface area contributed by atoms with Gasteiger partial charge in [0.2, 0.25) is 0 Å². The fourth-order valence-corrected chi connectivity index (χ4v) is 20.7. The molecule has 0 saturated heterocycles. The maximum absolute atomic E-state index is 12.7. The van der Waals surface area contributed by atoms with Gasteiger partial charge in [0.15, 0.2) is 0 Å². The van der Waals surface area contributed by atoms with E-state index in [9.17, 15) is 4.39 Å². The quantitative estimate of drug-likeness (QED) is 0.131. The van der Waals surface area contributed by atoms with E-state index in [1.165, 1.54) is 221 Å². The molecule has 0 heterocycles. The van der Waals surface area contributed by atoms with Crippen LogP contribution in [-0.4, -0.2) is 7.11 Å². The van der Waals surface area contributed by atoms with E-state index < -0.39 is 83.4 Å². The third-order valence-corrected chi connectivity index (χ3v) is 28.7. The molecule has 8 aromatic carbocycles. The Morgan fingerprint density at radius 3 is 0.607 bits per heavy atom. The Morgan fingerprint density at radius 1 is 0.259 bits per heavy atom. The fourth-order valence-electron chi connectivity index (χ4n) is 20.6. The average molecular weight is 2340 g/mol. The SMILES string of the molecule is CC1CCC(c2ccc(C(C)(C)C)cc2)C1.CC1CCC(c2ccc(C(C)(C)C)cc2)C1.CC1CCC(c2ccc(Cl)cc2)C1.CC1CCC(c2ccc(F)cc2)C1.COc1c(C)cc(C2CCC(C)C2)cc1C.Cc1cc(C2CCC(C)C2)cc(C)c1C.Cc1ccc(C2CCC(C)C2)cc1.Cc1ccc(C2CCC(C)C2)cc1.[CH3-].[CH3-].[CH3-].[CH3-].[CH3-].[CH3-].[CH3-].[CH3-].[Cl][Zr+2][Cl].[Cl][Zr+2][Cl].[Cl][Zr+2][Cl].[Cl][Zr+2][Cl]. The summed E-state index contributed by atoms with van der Waals surface area (Å²) in [6.45, 7) is 47.9. The van der Waals surface area contributed by atoms with Gasteiger partial charge in [-0.1, -0.05) is 317 Å². The van der Waals surface area contributed by atoms with Gasteiger partial charge in [-0.25, -0.2) is 4.39 Å². The van der Waals surface area contributed by atoms with Crippen LogP contribution in [-0.2, 0) is 94.2 Å². The van der Waals surface area contributed by atoms with E-state index in [2.05, 4.69) is 279 Å².